The second kappa shape index (κ2) is 7.40. The van der Waals surface area contributed by atoms with Gasteiger partial charge in [-0.25, -0.2) is 0 Å². The van der Waals surface area contributed by atoms with Gasteiger partial charge in [-0.2, -0.15) is 18.2 Å². The first kappa shape index (κ1) is 18.7. The number of thiophene rings is 1. The zero-order valence-corrected chi connectivity index (χ0v) is 16.0. The van der Waals surface area contributed by atoms with E-state index in [1.807, 2.05) is 29.1 Å². The zero-order chi connectivity index (χ0) is 19.7. The molecule has 0 saturated heterocycles. The molecule has 0 saturated carbocycles. The monoisotopic (exact) mass is 423 g/mol. The van der Waals surface area contributed by atoms with Gasteiger partial charge in [-0.3, -0.25) is 0 Å². The van der Waals surface area contributed by atoms with Crippen LogP contribution in [-0.2, 0) is 19.0 Å². The van der Waals surface area contributed by atoms with E-state index in [4.69, 9.17) is 4.52 Å². The Hall–Kier alpha value is -2.66. The van der Waals surface area contributed by atoms with Crippen molar-refractivity contribution in [2.24, 2.45) is 7.05 Å². The van der Waals surface area contributed by atoms with Gasteiger partial charge in [0.2, 0.25) is 0 Å². The summed E-state index contributed by atoms with van der Waals surface area (Å²) in [5.74, 6) is 1.51. The molecule has 0 bridgehead atoms. The van der Waals surface area contributed by atoms with Crippen molar-refractivity contribution < 1.29 is 17.7 Å². The highest BCUT2D eigenvalue weighted by atomic mass is 32.2. The SMILES string of the molecule is Cn1c(SCc2noc(-c3cccc(C(F)(F)F)c3)n2)nnc1-c1cccs1. The molecule has 0 aliphatic rings. The van der Waals surface area contributed by atoms with Crippen molar-refractivity contribution in [1.29, 1.82) is 0 Å². The molecular weight excluding hydrogens is 411 g/mol. The Balaban J connectivity index is 1.48. The van der Waals surface area contributed by atoms with Gasteiger partial charge >= 0.3 is 6.18 Å². The number of rotatable bonds is 5. The Morgan fingerprint density at radius 3 is 2.79 bits per heavy atom. The second-order valence-corrected chi connectivity index (χ2v) is 7.62. The number of halogens is 3. The van der Waals surface area contributed by atoms with Crippen molar-refractivity contribution >= 4 is 23.1 Å². The Kier molecular flexibility index (Phi) is 4.94. The van der Waals surface area contributed by atoms with Crippen molar-refractivity contribution in [3.8, 4) is 22.2 Å². The average Bonchev–Trinajstić information content (AvgIpc) is 3.41. The summed E-state index contributed by atoms with van der Waals surface area (Å²) >= 11 is 2.93. The van der Waals surface area contributed by atoms with Gasteiger partial charge in [0.15, 0.2) is 16.8 Å². The fourth-order valence-corrected chi connectivity index (χ4v) is 3.95. The molecule has 0 atom stereocenters. The predicted molar refractivity (Wildman–Crippen MR) is 98.6 cm³/mol. The normalized spacial score (nSPS) is 11.9. The zero-order valence-electron chi connectivity index (χ0n) is 14.3. The van der Waals surface area contributed by atoms with Crippen LogP contribution in [0.2, 0.25) is 0 Å². The molecule has 0 spiro atoms. The number of aromatic nitrogens is 5. The third kappa shape index (κ3) is 3.80. The Morgan fingerprint density at radius 1 is 1.18 bits per heavy atom. The van der Waals surface area contributed by atoms with Gasteiger partial charge in [0, 0.05) is 12.6 Å². The van der Waals surface area contributed by atoms with E-state index in [0.717, 1.165) is 22.8 Å². The lowest BCUT2D eigenvalue weighted by Crippen LogP contribution is -2.04. The molecule has 0 aliphatic carbocycles. The molecule has 0 fully saturated rings. The molecule has 144 valence electrons. The van der Waals surface area contributed by atoms with Crippen LogP contribution in [0.15, 0.2) is 51.5 Å². The summed E-state index contributed by atoms with van der Waals surface area (Å²) in [5.41, 5.74) is -0.545. The first-order valence-electron chi connectivity index (χ1n) is 7.98. The number of hydrogen-bond acceptors (Lipinski definition) is 7. The molecular formula is C17H12F3N5OS2. The third-order valence-electron chi connectivity index (χ3n) is 3.81. The van der Waals surface area contributed by atoms with E-state index in [2.05, 4.69) is 20.3 Å². The molecule has 4 rings (SSSR count). The minimum Gasteiger partial charge on any atom is -0.334 e. The molecule has 1 aromatic carbocycles. The van der Waals surface area contributed by atoms with E-state index in [9.17, 15) is 13.2 Å². The van der Waals surface area contributed by atoms with Crippen molar-refractivity contribution in [1.82, 2.24) is 24.9 Å². The van der Waals surface area contributed by atoms with Gasteiger partial charge in [-0.1, -0.05) is 29.1 Å². The van der Waals surface area contributed by atoms with Crippen molar-refractivity contribution in [3.63, 3.8) is 0 Å². The molecule has 0 aliphatic heterocycles. The van der Waals surface area contributed by atoms with E-state index in [0.29, 0.717) is 16.7 Å². The minimum atomic E-state index is -4.43. The summed E-state index contributed by atoms with van der Waals surface area (Å²) in [6, 6.07) is 8.69. The smallest absolute Gasteiger partial charge is 0.334 e. The summed E-state index contributed by atoms with van der Waals surface area (Å²) in [4.78, 5) is 5.19. The Labute approximate surface area is 165 Å². The molecule has 4 aromatic rings. The quantitative estimate of drug-likeness (QED) is 0.425. The van der Waals surface area contributed by atoms with Gasteiger partial charge < -0.3 is 9.09 Å². The van der Waals surface area contributed by atoms with Crippen LogP contribution in [0.3, 0.4) is 0 Å². The Bertz CT molecular complexity index is 1090. The van der Waals surface area contributed by atoms with E-state index >= 15 is 0 Å². The van der Waals surface area contributed by atoms with Crippen molar-refractivity contribution in [3.05, 3.63) is 53.2 Å². The van der Waals surface area contributed by atoms with E-state index in [1.165, 1.54) is 23.9 Å². The maximum absolute atomic E-state index is 12.9. The van der Waals surface area contributed by atoms with E-state index in [-0.39, 0.29) is 11.5 Å². The van der Waals surface area contributed by atoms with Crippen LogP contribution in [0.4, 0.5) is 13.2 Å². The molecule has 3 heterocycles. The van der Waals surface area contributed by atoms with E-state index in [1.54, 1.807) is 11.3 Å². The van der Waals surface area contributed by atoms with E-state index < -0.39 is 11.7 Å². The van der Waals surface area contributed by atoms with Crippen LogP contribution in [0.25, 0.3) is 22.2 Å². The topological polar surface area (TPSA) is 69.6 Å². The van der Waals surface area contributed by atoms with Gasteiger partial charge in [0.25, 0.3) is 5.89 Å². The van der Waals surface area contributed by atoms with Crippen LogP contribution < -0.4 is 0 Å². The lowest BCUT2D eigenvalue weighted by Gasteiger charge is -2.06. The van der Waals surface area contributed by atoms with Crippen LogP contribution in [0, 0.1) is 0 Å². The second-order valence-electron chi connectivity index (χ2n) is 5.73. The van der Waals surface area contributed by atoms with Crippen LogP contribution in [0.5, 0.6) is 0 Å². The molecule has 0 unspecified atom stereocenters. The number of benzene rings is 1. The highest BCUT2D eigenvalue weighted by Crippen LogP contribution is 2.32. The average molecular weight is 423 g/mol. The largest absolute Gasteiger partial charge is 0.416 e. The summed E-state index contributed by atoms with van der Waals surface area (Å²) in [5, 5.41) is 14.8. The lowest BCUT2D eigenvalue weighted by molar-refractivity contribution is -0.137. The summed E-state index contributed by atoms with van der Waals surface area (Å²) in [6.07, 6.45) is -4.43. The number of hydrogen-bond donors (Lipinski definition) is 0. The summed E-state index contributed by atoms with van der Waals surface area (Å²) in [7, 11) is 1.86. The number of nitrogens with zero attached hydrogens (tertiary/aromatic N) is 5. The summed E-state index contributed by atoms with van der Waals surface area (Å²) in [6.45, 7) is 0. The molecule has 3 aromatic heterocycles. The Morgan fingerprint density at radius 2 is 2.04 bits per heavy atom. The van der Waals surface area contributed by atoms with Gasteiger partial charge in [0.05, 0.1) is 16.2 Å². The fourth-order valence-electron chi connectivity index (χ4n) is 2.45. The van der Waals surface area contributed by atoms with Crippen LogP contribution >= 0.6 is 23.1 Å². The predicted octanol–water partition coefficient (Wildman–Crippen LogP) is 4.90. The summed E-state index contributed by atoms with van der Waals surface area (Å²) < 4.78 is 45.5. The molecule has 0 N–H and O–H groups in total. The fraction of sp³-hybridized carbons (Fsp3) is 0.176. The number of thioether (sulfide) groups is 1. The lowest BCUT2D eigenvalue weighted by atomic mass is 10.1. The first-order valence-corrected chi connectivity index (χ1v) is 9.84. The highest BCUT2D eigenvalue weighted by molar-refractivity contribution is 7.98. The third-order valence-corrected chi connectivity index (χ3v) is 5.69. The minimum absolute atomic E-state index is 0.0407. The van der Waals surface area contributed by atoms with Gasteiger partial charge in [-0.05, 0) is 29.6 Å². The maximum Gasteiger partial charge on any atom is 0.416 e. The standard InChI is InChI=1S/C17H12F3N5OS2/c1-25-14(12-6-3-7-27-12)22-23-16(25)28-9-13-21-15(26-24-13)10-4-2-5-11(8-10)17(18,19)20/h2-8H,9H2,1H3. The van der Waals surface area contributed by atoms with Gasteiger partial charge in [0.1, 0.15) is 0 Å². The molecule has 0 radical (unpaired) electrons. The highest BCUT2D eigenvalue weighted by Gasteiger charge is 2.30. The maximum atomic E-state index is 12.9. The van der Waals surface area contributed by atoms with Crippen LogP contribution in [0.1, 0.15) is 11.4 Å². The van der Waals surface area contributed by atoms with Crippen molar-refractivity contribution in [2.45, 2.75) is 17.1 Å². The first-order chi connectivity index (χ1) is 13.4. The number of alkyl halides is 3. The molecule has 11 heteroatoms. The molecule has 6 nitrogen and oxygen atoms in total. The van der Waals surface area contributed by atoms with Gasteiger partial charge in [-0.15, -0.1) is 21.5 Å². The van der Waals surface area contributed by atoms with Crippen LogP contribution in [-0.4, -0.2) is 24.9 Å². The molecule has 28 heavy (non-hydrogen) atoms. The van der Waals surface area contributed by atoms with Crippen molar-refractivity contribution in [2.75, 3.05) is 0 Å². The molecule has 0 amide bonds.